The quantitative estimate of drug-likeness (QED) is 0.649. The topological polar surface area (TPSA) is 136 Å². The van der Waals surface area contributed by atoms with Crippen LogP contribution in [0.2, 0.25) is 0 Å². The van der Waals surface area contributed by atoms with E-state index in [1.54, 1.807) is 6.92 Å². The molecule has 0 spiro atoms. The zero-order chi connectivity index (χ0) is 15.6. The number of aromatic nitrogens is 4. The number of hydrogen-bond acceptors (Lipinski definition) is 7. The number of tetrazole rings is 1. The van der Waals surface area contributed by atoms with Crippen LogP contribution in [-0.2, 0) is 10.0 Å². The van der Waals surface area contributed by atoms with Crippen LogP contribution in [-0.4, -0.2) is 36.2 Å². The van der Waals surface area contributed by atoms with E-state index in [0.29, 0.717) is 4.47 Å². The van der Waals surface area contributed by atoms with Gasteiger partial charge in [-0.3, -0.25) is 0 Å². The van der Waals surface area contributed by atoms with Crippen molar-refractivity contribution in [2.75, 3.05) is 12.8 Å². The number of methoxy groups -OCH3 is 1. The second-order valence-corrected chi connectivity index (χ2v) is 6.67. The molecule has 1 unspecified atom stereocenters. The number of nitrogen functional groups attached to an aromatic ring is 1. The molecule has 2 rings (SSSR count). The Hall–Kier alpha value is -1.72. The molecule has 1 aromatic carbocycles. The number of H-pyrrole nitrogens is 1. The third-order valence-corrected chi connectivity index (χ3v) is 4.90. The van der Waals surface area contributed by atoms with Crippen molar-refractivity contribution in [1.29, 1.82) is 0 Å². The maximum atomic E-state index is 12.4. The fourth-order valence-electron chi connectivity index (χ4n) is 1.62. The van der Waals surface area contributed by atoms with Gasteiger partial charge in [0.05, 0.1) is 13.2 Å². The number of halogens is 1. The Bertz CT molecular complexity index is 734. The molecule has 4 N–H and O–H groups in total. The summed E-state index contributed by atoms with van der Waals surface area (Å²) in [7, 11) is -2.49. The van der Waals surface area contributed by atoms with Crippen molar-refractivity contribution in [2.45, 2.75) is 17.9 Å². The van der Waals surface area contributed by atoms with Gasteiger partial charge in [-0.25, -0.2) is 13.1 Å². The van der Waals surface area contributed by atoms with E-state index in [2.05, 4.69) is 41.3 Å². The van der Waals surface area contributed by atoms with Crippen LogP contribution in [0.5, 0.6) is 5.75 Å². The second kappa shape index (κ2) is 5.95. The van der Waals surface area contributed by atoms with Crippen molar-refractivity contribution in [3.63, 3.8) is 0 Å². The maximum absolute atomic E-state index is 12.4. The first-order valence-corrected chi connectivity index (χ1v) is 8.01. The lowest BCUT2D eigenvalue weighted by Gasteiger charge is -2.14. The third-order valence-electron chi connectivity index (χ3n) is 2.65. The first kappa shape index (κ1) is 15.7. The van der Waals surface area contributed by atoms with Gasteiger partial charge in [0.2, 0.25) is 10.0 Å². The number of ether oxygens (including phenoxy) is 1. The summed E-state index contributed by atoms with van der Waals surface area (Å²) in [6.07, 6.45) is 0. The number of benzene rings is 1. The third kappa shape index (κ3) is 3.31. The molecule has 1 heterocycles. The Morgan fingerprint density at radius 2 is 2.19 bits per heavy atom. The normalized spacial score (nSPS) is 13.1. The Morgan fingerprint density at radius 1 is 1.48 bits per heavy atom. The monoisotopic (exact) mass is 376 g/mol. The molecular formula is C10H13BrN6O3S. The number of rotatable bonds is 5. The molecule has 0 bridgehead atoms. The van der Waals surface area contributed by atoms with Gasteiger partial charge in [0.15, 0.2) is 5.82 Å². The largest absolute Gasteiger partial charge is 0.495 e. The van der Waals surface area contributed by atoms with Gasteiger partial charge >= 0.3 is 0 Å². The minimum Gasteiger partial charge on any atom is -0.495 e. The summed E-state index contributed by atoms with van der Waals surface area (Å²) in [4.78, 5) is -0.0685. The van der Waals surface area contributed by atoms with Crippen molar-refractivity contribution < 1.29 is 13.2 Å². The zero-order valence-corrected chi connectivity index (χ0v) is 13.6. The Morgan fingerprint density at radius 3 is 2.76 bits per heavy atom. The summed E-state index contributed by atoms with van der Waals surface area (Å²) in [5, 5.41) is 13.1. The van der Waals surface area contributed by atoms with Crippen molar-refractivity contribution in [3.05, 3.63) is 22.4 Å². The van der Waals surface area contributed by atoms with E-state index < -0.39 is 16.1 Å². The Balaban J connectivity index is 2.38. The van der Waals surface area contributed by atoms with Crippen LogP contribution < -0.4 is 15.2 Å². The highest BCUT2D eigenvalue weighted by Gasteiger charge is 2.25. The summed E-state index contributed by atoms with van der Waals surface area (Å²) in [6, 6.07) is 2.14. The summed E-state index contributed by atoms with van der Waals surface area (Å²) in [5.74, 6) is 0.395. The van der Waals surface area contributed by atoms with Gasteiger partial charge < -0.3 is 10.5 Å². The van der Waals surface area contributed by atoms with Crippen LogP contribution in [0.15, 0.2) is 21.5 Å². The molecule has 114 valence electrons. The van der Waals surface area contributed by atoms with E-state index >= 15 is 0 Å². The second-order valence-electron chi connectivity index (χ2n) is 4.14. The molecule has 0 saturated heterocycles. The minimum absolute atomic E-state index is 0.0685. The van der Waals surface area contributed by atoms with Crippen molar-refractivity contribution >= 4 is 31.6 Å². The Labute approximate surface area is 129 Å². The van der Waals surface area contributed by atoms with Gasteiger partial charge in [-0.05, 0) is 35.0 Å². The molecular weight excluding hydrogens is 364 g/mol. The van der Waals surface area contributed by atoms with E-state index in [-0.39, 0.29) is 22.2 Å². The molecule has 21 heavy (non-hydrogen) atoms. The number of anilines is 1. The van der Waals surface area contributed by atoms with E-state index in [0.717, 1.165) is 0 Å². The molecule has 0 aliphatic rings. The lowest BCUT2D eigenvalue weighted by atomic mass is 10.3. The van der Waals surface area contributed by atoms with Crippen LogP contribution in [0.3, 0.4) is 0 Å². The number of sulfonamides is 1. The fraction of sp³-hybridized carbons (Fsp3) is 0.300. The van der Waals surface area contributed by atoms with Crippen LogP contribution in [0.1, 0.15) is 18.8 Å². The molecule has 11 heteroatoms. The van der Waals surface area contributed by atoms with Gasteiger partial charge in [0.1, 0.15) is 10.6 Å². The van der Waals surface area contributed by atoms with Gasteiger partial charge in [0.25, 0.3) is 0 Å². The van der Waals surface area contributed by atoms with Gasteiger partial charge in [-0.15, -0.1) is 10.2 Å². The molecule has 2 aromatic rings. The average Bonchev–Trinajstić information content (AvgIpc) is 2.94. The summed E-state index contributed by atoms with van der Waals surface area (Å²) in [5.41, 5.74) is 6.01. The SMILES string of the molecule is COc1cc(Br)c(N)cc1S(=O)(=O)NC(C)c1nn[nH]n1. The van der Waals surface area contributed by atoms with E-state index in [1.165, 1.54) is 19.2 Å². The summed E-state index contributed by atoms with van der Waals surface area (Å²) < 4.78 is 32.9. The lowest BCUT2D eigenvalue weighted by molar-refractivity contribution is 0.402. The van der Waals surface area contributed by atoms with Crippen LogP contribution in [0, 0.1) is 0 Å². The predicted molar refractivity (Wildman–Crippen MR) is 78.0 cm³/mol. The van der Waals surface area contributed by atoms with Gasteiger partial charge in [0, 0.05) is 10.2 Å². The number of aromatic amines is 1. The van der Waals surface area contributed by atoms with E-state index in [9.17, 15) is 8.42 Å². The molecule has 1 atom stereocenters. The zero-order valence-electron chi connectivity index (χ0n) is 11.2. The first-order valence-electron chi connectivity index (χ1n) is 5.74. The van der Waals surface area contributed by atoms with Crippen LogP contribution >= 0.6 is 15.9 Å². The van der Waals surface area contributed by atoms with E-state index in [4.69, 9.17) is 10.5 Å². The highest BCUT2D eigenvalue weighted by atomic mass is 79.9. The molecule has 0 radical (unpaired) electrons. The van der Waals surface area contributed by atoms with Crippen molar-refractivity contribution in [1.82, 2.24) is 25.3 Å². The number of nitrogens with zero attached hydrogens (tertiary/aromatic N) is 3. The van der Waals surface area contributed by atoms with Crippen LogP contribution in [0.25, 0.3) is 0 Å². The summed E-state index contributed by atoms with van der Waals surface area (Å²) >= 11 is 3.22. The van der Waals surface area contributed by atoms with Crippen molar-refractivity contribution in [3.8, 4) is 5.75 Å². The number of nitrogens with one attached hydrogen (secondary N) is 2. The highest BCUT2D eigenvalue weighted by Crippen LogP contribution is 2.32. The molecule has 0 fully saturated rings. The minimum atomic E-state index is -3.87. The first-order chi connectivity index (χ1) is 9.85. The molecule has 9 nitrogen and oxygen atoms in total. The molecule has 0 amide bonds. The van der Waals surface area contributed by atoms with E-state index in [1.807, 2.05) is 0 Å². The fourth-order valence-corrected chi connectivity index (χ4v) is 3.33. The van der Waals surface area contributed by atoms with Crippen LogP contribution in [0.4, 0.5) is 5.69 Å². The maximum Gasteiger partial charge on any atom is 0.244 e. The van der Waals surface area contributed by atoms with Crippen molar-refractivity contribution in [2.24, 2.45) is 0 Å². The average molecular weight is 377 g/mol. The molecule has 0 aliphatic carbocycles. The smallest absolute Gasteiger partial charge is 0.244 e. The molecule has 0 aliphatic heterocycles. The highest BCUT2D eigenvalue weighted by molar-refractivity contribution is 9.10. The number of nitrogens with two attached hydrogens (primary N) is 1. The lowest BCUT2D eigenvalue weighted by Crippen LogP contribution is -2.28. The Kier molecular flexibility index (Phi) is 4.44. The molecule has 0 saturated carbocycles. The summed E-state index contributed by atoms with van der Waals surface area (Å²) in [6.45, 7) is 1.59. The number of hydrogen-bond donors (Lipinski definition) is 3. The van der Waals surface area contributed by atoms with Gasteiger partial charge in [-0.1, -0.05) is 5.21 Å². The standard InChI is InChI=1S/C10H13BrN6O3S/c1-5(10-13-16-17-14-10)15-21(18,19)9-4-7(12)6(11)3-8(9)20-2/h3-5,15H,12H2,1-2H3,(H,13,14,16,17). The predicted octanol–water partition coefficient (Wildman–Crippen LogP) is 0.592. The molecule has 1 aromatic heterocycles. The van der Waals surface area contributed by atoms with Gasteiger partial charge in [-0.2, -0.15) is 5.21 Å².